The predicted molar refractivity (Wildman–Crippen MR) is 81.3 cm³/mol. The molecule has 0 atom stereocenters. The van der Waals surface area contributed by atoms with Gasteiger partial charge in [0.05, 0.1) is 11.9 Å². The van der Waals surface area contributed by atoms with Crippen LogP contribution in [0.5, 0.6) is 0 Å². The Kier molecular flexibility index (Phi) is 3.55. The minimum Gasteiger partial charge on any atom is -0.481 e. The molecule has 1 heterocycles. The first kappa shape index (κ1) is 14.5. The molecule has 0 radical (unpaired) electrons. The summed E-state index contributed by atoms with van der Waals surface area (Å²) < 4.78 is 0. The van der Waals surface area contributed by atoms with Crippen molar-refractivity contribution in [2.45, 2.75) is 46.5 Å². The minimum atomic E-state index is -0.808. The molecule has 1 N–H and O–H groups in total. The maximum Gasteiger partial charge on any atom is 0.307 e. The molecule has 3 heteroatoms. The van der Waals surface area contributed by atoms with Crippen LogP contribution in [0.4, 0.5) is 0 Å². The van der Waals surface area contributed by atoms with Gasteiger partial charge >= 0.3 is 5.97 Å². The number of carbonyl (C=O) groups is 1. The Labute approximate surface area is 119 Å². The summed E-state index contributed by atoms with van der Waals surface area (Å²) >= 11 is 0. The lowest BCUT2D eigenvalue weighted by Crippen LogP contribution is -2.15. The molecule has 0 spiro atoms. The van der Waals surface area contributed by atoms with Gasteiger partial charge in [-0.2, -0.15) is 0 Å². The van der Waals surface area contributed by atoms with E-state index in [1.165, 1.54) is 0 Å². The lowest BCUT2D eigenvalue weighted by Gasteiger charge is -2.20. The van der Waals surface area contributed by atoms with Gasteiger partial charge in [0.2, 0.25) is 0 Å². The number of carboxylic acids is 1. The van der Waals surface area contributed by atoms with Crippen LogP contribution in [0.25, 0.3) is 10.9 Å². The molecule has 0 aliphatic rings. The van der Waals surface area contributed by atoms with Crippen molar-refractivity contribution >= 4 is 16.9 Å². The number of hydrogen-bond acceptors (Lipinski definition) is 2. The summed E-state index contributed by atoms with van der Waals surface area (Å²) in [4.78, 5) is 15.9. The van der Waals surface area contributed by atoms with Crippen LogP contribution in [-0.4, -0.2) is 16.1 Å². The highest BCUT2D eigenvalue weighted by atomic mass is 16.4. The molecule has 0 aliphatic heterocycles. The van der Waals surface area contributed by atoms with Crippen molar-refractivity contribution in [1.29, 1.82) is 0 Å². The van der Waals surface area contributed by atoms with Crippen LogP contribution in [0.15, 0.2) is 18.2 Å². The van der Waals surface area contributed by atoms with Gasteiger partial charge in [-0.25, -0.2) is 0 Å². The summed E-state index contributed by atoms with van der Waals surface area (Å²) in [5.74, 6) is -0.808. The second-order valence-corrected chi connectivity index (χ2v) is 6.46. The summed E-state index contributed by atoms with van der Waals surface area (Å²) in [6, 6.07) is 6.05. The van der Waals surface area contributed by atoms with Gasteiger partial charge in [-0.05, 0) is 42.7 Å². The zero-order valence-corrected chi connectivity index (χ0v) is 12.7. The maximum atomic E-state index is 11.1. The fourth-order valence-corrected chi connectivity index (χ4v) is 2.54. The topological polar surface area (TPSA) is 50.2 Å². The third-order valence-electron chi connectivity index (χ3n) is 3.44. The van der Waals surface area contributed by atoms with Gasteiger partial charge < -0.3 is 5.11 Å². The van der Waals surface area contributed by atoms with Gasteiger partial charge in [0, 0.05) is 16.5 Å². The predicted octanol–water partition coefficient (Wildman–Crippen LogP) is 3.78. The molecular weight excluding hydrogens is 250 g/mol. The molecular formula is C17H21NO2. The van der Waals surface area contributed by atoms with Gasteiger partial charge in [0.25, 0.3) is 0 Å². The van der Waals surface area contributed by atoms with Crippen molar-refractivity contribution < 1.29 is 9.90 Å². The number of benzene rings is 1. The number of fused-ring (bicyclic) bond motifs is 1. The fraction of sp³-hybridized carbons (Fsp3) is 0.412. The lowest BCUT2D eigenvalue weighted by molar-refractivity contribution is -0.136. The van der Waals surface area contributed by atoms with Gasteiger partial charge in [0.1, 0.15) is 0 Å². The highest BCUT2D eigenvalue weighted by Crippen LogP contribution is 2.29. The van der Waals surface area contributed by atoms with Crippen molar-refractivity contribution in [2.75, 3.05) is 0 Å². The third-order valence-corrected chi connectivity index (χ3v) is 3.44. The van der Waals surface area contributed by atoms with E-state index in [1.54, 1.807) is 0 Å². The number of rotatable bonds is 2. The van der Waals surface area contributed by atoms with Crippen LogP contribution in [0.2, 0.25) is 0 Å². The number of nitrogens with zero attached hydrogens (tertiary/aromatic N) is 1. The van der Waals surface area contributed by atoms with Crippen LogP contribution in [-0.2, 0) is 16.6 Å². The highest BCUT2D eigenvalue weighted by Gasteiger charge is 2.19. The van der Waals surface area contributed by atoms with Crippen LogP contribution in [0, 0.1) is 13.8 Å². The molecule has 2 aromatic rings. The fourth-order valence-electron chi connectivity index (χ4n) is 2.54. The van der Waals surface area contributed by atoms with Crippen molar-refractivity contribution in [2.24, 2.45) is 0 Å². The molecule has 0 amide bonds. The standard InChI is InChI=1S/C17H21NO2/c1-10-6-11(2)16-12(9-15(19)20)8-14(17(3,4)5)18-13(16)7-10/h6-8H,9H2,1-5H3,(H,19,20). The first-order valence-electron chi connectivity index (χ1n) is 6.81. The van der Waals surface area contributed by atoms with E-state index in [0.29, 0.717) is 0 Å². The Morgan fingerprint density at radius 2 is 1.85 bits per heavy atom. The van der Waals surface area contributed by atoms with E-state index < -0.39 is 5.97 Å². The first-order valence-corrected chi connectivity index (χ1v) is 6.81. The number of hydrogen-bond donors (Lipinski definition) is 1. The van der Waals surface area contributed by atoms with E-state index in [9.17, 15) is 4.79 Å². The van der Waals surface area contributed by atoms with E-state index in [-0.39, 0.29) is 11.8 Å². The summed E-state index contributed by atoms with van der Waals surface area (Å²) in [5, 5.41) is 10.1. The monoisotopic (exact) mass is 271 g/mol. The highest BCUT2D eigenvalue weighted by molar-refractivity contribution is 5.89. The smallest absolute Gasteiger partial charge is 0.307 e. The number of aliphatic carboxylic acids is 1. The molecule has 0 fully saturated rings. The average molecular weight is 271 g/mol. The molecule has 1 aromatic carbocycles. The average Bonchev–Trinajstić information content (AvgIpc) is 2.24. The molecule has 0 unspecified atom stereocenters. The van der Waals surface area contributed by atoms with Gasteiger partial charge in [-0.15, -0.1) is 0 Å². The van der Waals surface area contributed by atoms with Gasteiger partial charge in [-0.1, -0.05) is 26.8 Å². The maximum absolute atomic E-state index is 11.1. The van der Waals surface area contributed by atoms with Crippen molar-refractivity contribution in [3.8, 4) is 0 Å². The van der Waals surface area contributed by atoms with Crippen molar-refractivity contribution in [3.63, 3.8) is 0 Å². The molecule has 20 heavy (non-hydrogen) atoms. The summed E-state index contributed by atoms with van der Waals surface area (Å²) in [5.41, 5.74) is 4.82. The van der Waals surface area contributed by atoms with E-state index in [1.807, 2.05) is 26.0 Å². The van der Waals surface area contributed by atoms with Crippen LogP contribution in [0.3, 0.4) is 0 Å². The number of aryl methyl sites for hydroxylation is 2. The Morgan fingerprint density at radius 1 is 1.20 bits per heavy atom. The van der Waals surface area contributed by atoms with Crippen LogP contribution < -0.4 is 0 Å². The molecule has 0 saturated carbocycles. The van der Waals surface area contributed by atoms with Gasteiger partial charge in [-0.3, -0.25) is 9.78 Å². The Bertz CT molecular complexity index is 681. The van der Waals surface area contributed by atoms with Crippen LogP contribution in [0.1, 0.15) is 43.2 Å². The second-order valence-electron chi connectivity index (χ2n) is 6.46. The number of pyridine rings is 1. The molecule has 0 bridgehead atoms. The largest absolute Gasteiger partial charge is 0.481 e. The molecule has 106 valence electrons. The Morgan fingerprint density at radius 3 is 2.40 bits per heavy atom. The Hall–Kier alpha value is -1.90. The van der Waals surface area contributed by atoms with Crippen molar-refractivity contribution in [3.05, 3.63) is 40.6 Å². The zero-order chi connectivity index (χ0) is 15.1. The summed E-state index contributed by atoms with van der Waals surface area (Å²) in [6.45, 7) is 10.3. The molecule has 3 nitrogen and oxygen atoms in total. The zero-order valence-electron chi connectivity index (χ0n) is 12.7. The normalized spacial score (nSPS) is 11.8. The van der Waals surface area contributed by atoms with Crippen LogP contribution >= 0.6 is 0 Å². The quantitative estimate of drug-likeness (QED) is 0.904. The molecule has 1 aromatic heterocycles. The summed E-state index contributed by atoms with van der Waals surface area (Å²) in [6.07, 6.45) is 0.0337. The lowest BCUT2D eigenvalue weighted by atomic mass is 9.88. The molecule has 0 saturated heterocycles. The van der Waals surface area contributed by atoms with Gasteiger partial charge in [0.15, 0.2) is 0 Å². The molecule has 2 rings (SSSR count). The number of carboxylic acid groups (broad SMARTS) is 1. The van der Waals surface area contributed by atoms with Crippen molar-refractivity contribution in [1.82, 2.24) is 4.98 Å². The summed E-state index contributed by atoms with van der Waals surface area (Å²) in [7, 11) is 0. The second kappa shape index (κ2) is 4.89. The first-order chi connectivity index (χ1) is 9.18. The van der Waals surface area contributed by atoms with E-state index in [4.69, 9.17) is 10.1 Å². The Balaban J connectivity index is 2.81. The van der Waals surface area contributed by atoms with E-state index in [2.05, 4.69) is 26.8 Å². The minimum absolute atomic E-state index is 0.0337. The van der Waals surface area contributed by atoms with E-state index in [0.717, 1.165) is 33.3 Å². The third kappa shape index (κ3) is 2.82. The van der Waals surface area contributed by atoms with E-state index >= 15 is 0 Å². The SMILES string of the molecule is Cc1cc(C)c2c(CC(=O)O)cc(C(C)(C)C)nc2c1. The number of aromatic nitrogens is 1. The molecule has 0 aliphatic carbocycles.